The van der Waals surface area contributed by atoms with Crippen LogP contribution in [-0.2, 0) is 19.3 Å². The van der Waals surface area contributed by atoms with E-state index in [0.717, 1.165) is 60.9 Å². The highest BCUT2D eigenvalue weighted by molar-refractivity contribution is 5.91. The minimum atomic E-state index is -0.201. The first kappa shape index (κ1) is 15.7. The number of nitrogens with two attached hydrogens (primary N) is 1. The molecule has 1 aromatic heterocycles. The summed E-state index contributed by atoms with van der Waals surface area (Å²) >= 11 is 0. The zero-order chi connectivity index (χ0) is 16.8. The van der Waals surface area contributed by atoms with Gasteiger partial charge in [0.15, 0.2) is 0 Å². The molecule has 0 radical (unpaired) electrons. The van der Waals surface area contributed by atoms with Crippen LogP contribution in [0.4, 0.5) is 5.69 Å². The molecule has 24 heavy (non-hydrogen) atoms. The monoisotopic (exact) mass is 326 g/mol. The van der Waals surface area contributed by atoms with Crippen molar-refractivity contribution in [1.29, 1.82) is 0 Å². The van der Waals surface area contributed by atoms with Crippen LogP contribution in [0.2, 0.25) is 0 Å². The number of hydrogen-bond donors (Lipinski definition) is 1. The van der Waals surface area contributed by atoms with Crippen molar-refractivity contribution in [2.45, 2.75) is 58.4 Å². The van der Waals surface area contributed by atoms with Crippen molar-refractivity contribution >= 4 is 16.7 Å². The van der Waals surface area contributed by atoms with E-state index in [1.165, 1.54) is 23.2 Å². The molecule has 128 valence electrons. The Bertz CT molecular complexity index is 851. The summed E-state index contributed by atoms with van der Waals surface area (Å²) < 4.78 is 5.85. The topological polar surface area (TPSA) is 59.5 Å². The number of anilines is 1. The molecule has 4 rings (SSSR count). The molecule has 0 fully saturated rings. The number of benzene rings is 1. The number of rotatable bonds is 3. The van der Waals surface area contributed by atoms with E-state index < -0.39 is 0 Å². The minimum Gasteiger partial charge on any atom is -0.422 e. The van der Waals surface area contributed by atoms with Crippen LogP contribution in [0.25, 0.3) is 11.0 Å². The molecule has 0 amide bonds. The first-order valence-electron chi connectivity index (χ1n) is 9.21. The molecule has 1 aromatic carbocycles. The van der Waals surface area contributed by atoms with Crippen molar-refractivity contribution in [2.75, 3.05) is 18.0 Å². The van der Waals surface area contributed by atoms with Crippen molar-refractivity contribution in [1.82, 2.24) is 0 Å². The molecule has 0 bridgehead atoms. The summed E-state index contributed by atoms with van der Waals surface area (Å²) in [4.78, 5) is 15.1. The molecule has 0 saturated carbocycles. The Morgan fingerprint density at radius 2 is 2.04 bits per heavy atom. The standard InChI is InChI=1S/C20H26N2O2/c1-3-14(21)11-17-12(2)16-10-13-6-4-8-22-9-5-7-15(18(13)22)19(16)24-20(17)23/h10,14H,3-9,11,21H2,1-2H3. The lowest BCUT2D eigenvalue weighted by atomic mass is 9.88. The van der Waals surface area contributed by atoms with Gasteiger partial charge in [-0.05, 0) is 62.6 Å². The van der Waals surface area contributed by atoms with Gasteiger partial charge in [-0.1, -0.05) is 6.92 Å². The number of aryl methyl sites for hydroxylation is 3. The normalized spacial score (nSPS) is 17.9. The van der Waals surface area contributed by atoms with Crippen molar-refractivity contribution < 1.29 is 4.42 Å². The van der Waals surface area contributed by atoms with Gasteiger partial charge in [-0.15, -0.1) is 0 Å². The molecule has 1 unspecified atom stereocenters. The van der Waals surface area contributed by atoms with Crippen LogP contribution in [-0.4, -0.2) is 19.1 Å². The summed E-state index contributed by atoms with van der Waals surface area (Å²) in [7, 11) is 0. The van der Waals surface area contributed by atoms with Crippen LogP contribution in [0.15, 0.2) is 15.3 Å². The molecule has 2 N–H and O–H groups in total. The summed E-state index contributed by atoms with van der Waals surface area (Å²) in [6, 6.07) is 2.28. The predicted molar refractivity (Wildman–Crippen MR) is 98.0 cm³/mol. The van der Waals surface area contributed by atoms with Gasteiger partial charge in [0, 0.05) is 41.3 Å². The maximum Gasteiger partial charge on any atom is 0.339 e. The molecular weight excluding hydrogens is 300 g/mol. The molecule has 2 aliphatic heterocycles. The molecule has 0 aliphatic carbocycles. The van der Waals surface area contributed by atoms with Gasteiger partial charge >= 0.3 is 5.63 Å². The summed E-state index contributed by atoms with van der Waals surface area (Å²) in [6.07, 6.45) is 5.93. The van der Waals surface area contributed by atoms with Gasteiger partial charge in [0.2, 0.25) is 0 Å². The van der Waals surface area contributed by atoms with E-state index in [0.29, 0.717) is 6.42 Å². The highest BCUT2D eigenvalue weighted by atomic mass is 16.4. The first-order chi connectivity index (χ1) is 11.6. The van der Waals surface area contributed by atoms with Gasteiger partial charge < -0.3 is 15.1 Å². The molecule has 3 heterocycles. The lowest BCUT2D eigenvalue weighted by Crippen LogP contribution is -2.34. The average molecular weight is 326 g/mol. The van der Waals surface area contributed by atoms with Gasteiger partial charge in [0.1, 0.15) is 5.58 Å². The average Bonchev–Trinajstić information content (AvgIpc) is 2.60. The quantitative estimate of drug-likeness (QED) is 0.881. The zero-order valence-corrected chi connectivity index (χ0v) is 14.7. The van der Waals surface area contributed by atoms with E-state index >= 15 is 0 Å². The van der Waals surface area contributed by atoms with E-state index in [4.69, 9.17) is 10.2 Å². The predicted octanol–water partition coefficient (Wildman–Crippen LogP) is 3.08. The molecule has 4 heteroatoms. The maximum absolute atomic E-state index is 12.6. The number of hydrogen-bond acceptors (Lipinski definition) is 4. The smallest absolute Gasteiger partial charge is 0.339 e. The van der Waals surface area contributed by atoms with E-state index in [1.54, 1.807) is 0 Å². The Morgan fingerprint density at radius 3 is 2.79 bits per heavy atom. The number of fused-ring (bicyclic) bond motifs is 2. The van der Waals surface area contributed by atoms with Crippen LogP contribution >= 0.6 is 0 Å². The lowest BCUT2D eigenvalue weighted by Gasteiger charge is -2.37. The molecule has 0 saturated heterocycles. The van der Waals surface area contributed by atoms with Crippen LogP contribution in [0.3, 0.4) is 0 Å². The molecule has 2 aromatic rings. The summed E-state index contributed by atoms with van der Waals surface area (Å²) in [6.45, 7) is 6.35. The van der Waals surface area contributed by atoms with E-state index in [1.807, 2.05) is 0 Å². The van der Waals surface area contributed by atoms with Crippen molar-refractivity contribution in [3.63, 3.8) is 0 Å². The summed E-state index contributed by atoms with van der Waals surface area (Å²) in [5.41, 5.74) is 12.5. The Balaban J connectivity index is 1.97. The maximum atomic E-state index is 12.6. The van der Waals surface area contributed by atoms with Gasteiger partial charge in [-0.3, -0.25) is 0 Å². The fourth-order valence-electron chi connectivity index (χ4n) is 4.34. The third kappa shape index (κ3) is 2.35. The zero-order valence-electron chi connectivity index (χ0n) is 14.7. The Hall–Kier alpha value is -1.81. The molecule has 4 nitrogen and oxygen atoms in total. The second kappa shape index (κ2) is 5.92. The minimum absolute atomic E-state index is 0.00974. The van der Waals surface area contributed by atoms with Crippen LogP contribution in [0.1, 0.15) is 48.4 Å². The van der Waals surface area contributed by atoms with Gasteiger partial charge in [-0.25, -0.2) is 4.79 Å². The lowest BCUT2D eigenvalue weighted by molar-refractivity contribution is 0.528. The summed E-state index contributed by atoms with van der Waals surface area (Å²) in [5, 5.41) is 1.12. The Morgan fingerprint density at radius 1 is 1.29 bits per heavy atom. The number of nitrogens with zero attached hydrogens (tertiary/aromatic N) is 1. The summed E-state index contributed by atoms with van der Waals surface area (Å²) in [5.74, 6) is 0. The van der Waals surface area contributed by atoms with Crippen molar-refractivity contribution in [3.8, 4) is 0 Å². The van der Waals surface area contributed by atoms with E-state index in [9.17, 15) is 4.79 Å². The second-order valence-corrected chi connectivity index (χ2v) is 7.30. The highest BCUT2D eigenvalue weighted by Gasteiger charge is 2.28. The Kier molecular flexibility index (Phi) is 3.87. The second-order valence-electron chi connectivity index (χ2n) is 7.30. The fraction of sp³-hybridized carbons (Fsp3) is 0.550. The van der Waals surface area contributed by atoms with Crippen LogP contribution in [0, 0.1) is 6.92 Å². The van der Waals surface area contributed by atoms with Gasteiger partial charge in [0.05, 0.1) is 0 Å². The fourth-order valence-corrected chi connectivity index (χ4v) is 4.34. The van der Waals surface area contributed by atoms with Crippen molar-refractivity contribution in [2.24, 2.45) is 5.73 Å². The highest BCUT2D eigenvalue weighted by Crippen LogP contribution is 2.40. The molecule has 0 spiro atoms. The van der Waals surface area contributed by atoms with Crippen molar-refractivity contribution in [3.05, 3.63) is 38.7 Å². The largest absolute Gasteiger partial charge is 0.422 e. The molecule has 1 atom stereocenters. The Labute approximate surface area is 142 Å². The van der Waals surface area contributed by atoms with E-state index in [-0.39, 0.29) is 11.7 Å². The van der Waals surface area contributed by atoms with Crippen LogP contribution in [0.5, 0.6) is 0 Å². The van der Waals surface area contributed by atoms with Crippen LogP contribution < -0.4 is 16.3 Å². The third-order valence-electron chi connectivity index (χ3n) is 5.76. The first-order valence-corrected chi connectivity index (χ1v) is 9.21. The van der Waals surface area contributed by atoms with E-state index in [2.05, 4.69) is 24.8 Å². The molecular formula is C20H26N2O2. The SMILES string of the molecule is CCC(N)Cc1c(C)c2cc3c4c(c2oc1=O)CCCN4CCC3. The molecule has 2 aliphatic rings. The third-order valence-corrected chi connectivity index (χ3v) is 5.76. The van der Waals surface area contributed by atoms with Gasteiger partial charge in [0.25, 0.3) is 0 Å². The van der Waals surface area contributed by atoms with Gasteiger partial charge in [-0.2, -0.15) is 0 Å².